The Balaban J connectivity index is 1.16. The highest BCUT2D eigenvalue weighted by molar-refractivity contribution is 6.06. The minimum atomic E-state index is 1.11. The first-order valence-corrected chi connectivity index (χ1v) is 16.4. The van der Waals surface area contributed by atoms with Gasteiger partial charge in [0.2, 0.25) is 0 Å². The van der Waals surface area contributed by atoms with Gasteiger partial charge in [0.1, 0.15) is 0 Å². The molecular formula is C46H34N2. The summed E-state index contributed by atoms with van der Waals surface area (Å²) < 4.78 is 0. The summed E-state index contributed by atoms with van der Waals surface area (Å²) in [7, 11) is 0. The van der Waals surface area contributed by atoms with Crippen molar-refractivity contribution in [1.82, 2.24) is 0 Å². The molecule has 8 rings (SSSR count). The number of hydrogen-bond acceptors (Lipinski definition) is 2. The molecule has 0 bridgehead atoms. The molecule has 0 aromatic heterocycles. The van der Waals surface area contributed by atoms with Gasteiger partial charge < -0.3 is 9.80 Å². The quantitative estimate of drug-likeness (QED) is 0.168. The summed E-state index contributed by atoms with van der Waals surface area (Å²) in [6.07, 6.45) is 0. The van der Waals surface area contributed by atoms with Crippen molar-refractivity contribution in [3.8, 4) is 22.3 Å². The fourth-order valence-electron chi connectivity index (χ4n) is 6.56. The monoisotopic (exact) mass is 614 g/mol. The van der Waals surface area contributed by atoms with Crippen LogP contribution in [0.3, 0.4) is 0 Å². The van der Waals surface area contributed by atoms with Crippen LogP contribution in [0.25, 0.3) is 33.0 Å². The van der Waals surface area contributed by atoms with Crippen molar-refractivity contribution in [1.29, 1.82) is 0 Å². The first-order valence-electron chi connectivity index (χ1n) is 16.4. The van der Waals surface area contributed by atoms with E-state index in [0.29, 0.717) is 0 Å². The average molecular weight is 615 g/mol. The van der Waals surface area contributed by atoms with E-state index in [1.54, 1.807) is 0 Å². The number of rotatable bonds is 8. The molecule has 0 unspecified atom stereocenters. The first kappa shape index (κ1) is 29.1. The molecule has 8 aromatic carbocycles. The van der Waals surface area contributed by atoms with E-state index >= 15 is 0 Å². The van der Waals surface area contributed by atoms with Crippen LogP contribution in [0.15, 0.2) is 206 Å². The van der Waals surface area contributed by atoms with E-state index in [4.69, 9.17) is 0 Å². The van der Waals surface area contributed by atoms with Gasteiger partial charge in [-0.2, -0.15) is 0 Å². The molecule has 0 aliphatic rings. The lowest BCUT2D eigenvalue weighted by Gasteiger charge is -2.27. The molecule has 48 heavy (non-hydrogen) atoms. The maximum Gasteiger partial charge on any atom is 0.0540 e. The number of hydrogen-bond donors (Lipinski definition) is 0. The number of benzene rings is 8. The molecule has 0 atom stereocenters. The van der Waals surface area contributed by atoms with E-state index in [-0.39, 0.29) is 0 Å². The van der Waals surface area contributed by atoms with Gasteiger partial charge in [-0.15, -0.1) is 0 Å². The van der Waals surface area contributed by atoms with E-state index in [2.05, 4.69) is 216 Å². The Bertz CT molecular complexity index is 2210. The normalized spacial score (nSPS) is 10.9. The summed E-state index contributed by atoms with van der Waals surface area (Å²) in [5.74, 6) is 0. The van der Waals surface area contributed by atoms with Gasteiger partial charge >= 0.3 is 0 Å². The zero-order valence-electron chi connectivity index (χ0n) is 26.5. The van der Waals surface area contributed by atoms with E-state index in [1.807, 2.05) is 0 Å². The fraction of sp³-hybridized carbons (Fsp3) is 0. The maximum absolute atomic E-state index is 2.36. The lowest BCUT2D eigenvalue weighted by atomic mass is 9.96. The summed E-state index contributed by atoms with van der Waals surface area (Å²) in [5, 5.41) is 2.45. The molecule has 0 heterocycles. The van der Waals surface area contributed by atoms with Gasteiger partial charge in [0.05, 0.1) is 5.69 Å². The number of fused-ring (bicyclic) bond motifs is 1. The number of para-hydroxylation sites is 3. The second-order valence-electron chi connectivity index (χ2n) is 11.8. The van der Waals surface area contributed by atoms with Crippen molar-refractivity contribution in [2.75, 3.05) is 9.80 Å². The van der Waals surface area contributed by atoms with Gasteiger partial charge in [-0.25, -0.2) is 0 Å². The van der Waals surface area contributed by atoms with Crippen LogP contribution in [-0.4, -0.2) is 0 Å². The predicted octanol–water partition coefficient (Wildman–Crippen LogP) is 13.1. The van der Waals surface area contributed by atoms with Crippen molar-refractivity contribution < 1.29 is 0 Å². The van der Waals surface area contributed by atoms with Crippen LogP contribution in [0.4, 0.5) is 34.1 Å². The summed E-state index contributed by atoms with van der Waals surface area (Å²) in [4.78, 5) is 4.65. The molecule has 2 nitrogen and oxygen atoms in total. The van der Waals surface area contributed by atoms with E-state index in [0.717, 1.165) is 34.1 Å². The van der Waals surface area contributed by atoms with Crippen molar-refractivity contribution in [3.05, 3.63) is 206 Å². The van der Waals surface area contributed by atoms with Crippen LogP contribution in [0.5, 0.6) is 0 Å². The average Bonchev–Trinajstić information content (AvgIpc) is 3.17. The van der Waals surface area contributed by atoms with Gasteiger partial charge in [0.25, 0.3) is 0 Å². The summed E-state index contributed by atoms with van der Waals surface area (Å²) >= 11 is 0. The molecule has 0 radical (unpaired) electrons. The summed E-state index contributed by atoms with van der Waals surface area (Å²) in [6, 6.07) is 73.3. The van der Waals surface area contributed by atoms with Gasteiger partial charge in [0.15, 0.2) is 0 Å². The van der Waals surface area contributed by atoms with E-state index < -0.39 is 0 Å². The van der Waals surface area contributed by atoms with Gasteiger partial charge in [-0.05, 0) is 94.4 Å². The van der Waals surface area contributed by atoms with Crippen molar-refractivity contribution in [3.63, 3.8) is 0 Å². The van der Waals surface area contributed by atoms with Crippen LogP contribution in [-0.2, 0) is 0 Å². The van der Waals surface area contributed by atoms with E-state index in [1.165, 1.54) is 33.0 Å². The minimum absolute atomic E-state index is 1.11. The highest BCUT2D eigenvalue weighted by atomic mass is 15.1. The minimum Gasteiger partial charge on any atom is -0.311 e. The zero-order chi connectivity index (χ0) is 32.1. The first-order chi connectivity index (χ1) is 23.8. The zero-order valence-corrected chi connectivity index (χ0v) is 26.5. The van der Waals surface area contributed by atoms with Crippen LogP contribution in [0.1, 0.15) is 0 Å². The van der Waals surface area contributed by atoms with Crippen molar-refractivity contribution >= 4 is 44.9 Å². The lowest BCUT2D eigenvalue weighted by molar-refractivity contribution is 1.28. The standard InChI is InChI=1S/C46H34N2/c1-5-15-37(16-6-1)43-33-34-46(45-24-14-13-23-44(43)45)48(40-21-11-4-12-22-40)42-31-27-36(28-32-42)35-25-29-41(30-26-35)47(38-17-7-2-8-18-38)39-19-9-3-10-20-39/h1-34H. The second-order valence-corrected chi connectivity index (χ2v) is 11.8. The molecular weight excluding hydrogens is 581 g/mol. The Morgan fingerprint density at radius 2 is 0.604 bits per heavy atom. The molecule has 0 amide bonds. The Morgan fingerprint density at radius 1 is 0.229 bits per heavy atom. The molecule has 0 N–H and O–H groups in total. The lowest BCUT2D eigenvalue weighted by Crippen LogP contribution is -2.10. The molecule has 0 spiro atoms. The molecule has 0 aliphatic carbocycles. The largest absolute Gasteiger partial charge is 0.311 e. The predicted molar refractivity (Wildman–Crippen MR) is 204 cm³/mol. The van der Waals surface area contributed by atoms with Crippen LogP contribution >= 0.6 is 0 Å². The Kier molecular flexibility index (Phi) is 7.96. The molecule has 0 fully saturated rings. The summed E-state index contributed by atoms with van der Waals surface area (Å²) in [6.45, 7) is 0. The van der Waals surface area contributed by atoms with Crippen LogP contribution in [0.2, 0.25) is 0 Å². The number of nitrogens with zero attached hydrogens (tertiary/aromatic N) is 2. The molecule has 0 saturated carbocycles. The smallest absolute Gasteiger partial charge is 0.0540 e. The molecule has 0 saturated heterocycles. The third kappa shape index (κ3) is 5.72. The highest BCUT2D eigenvalue weighted by Gasteiger charge is 2.17. The molecule has 228 valence electrons. The highest BCUT2D eigenvalue weighted by Crippen LogP contribution is 2.42. The Morgan fingerprint density at radius 3 is 1.10 bits per heavy atom. The molecule has 8 aromatic rings. The fourth-order valence-corrected chi connectivity index (χ4v) is 6.56. The van der Waals surface area contributed by atoms with Crippen molar-refractivity contribution in [2.45, 2.75) is 0 Å². The van der Waals surface area contributed by atoms with Crippen LogP contribution < -0.4 is 9.80 Å². The summed E-state index contributed by atoms with van der Waals surface area (Å²) in [5.41, 5.74) is 11.6. The van der Waals surface area contributed by atoms with E-state index in [9.17, 15) is 0 Å². The SMILES string of the molecule is c1ccc(-c2ccc(N(c3ccccc3)c3ccc(-c4ccc(N(c5ccccc5)c5ccccc5)cc4)cc3)c3ccccc23)cc1. The second kappa shape index (κ2) is 13.2. The third-order valence-electron chi connectivity index (χ3n) is 8.85. The Labute approximate surface area is 282 Å². The van der Waals surface area contributed by atoms with Crippen molar-refractivity contribution in [2.24, 2.45) is 0 Å². The van der Waals surface area contributed by atoms with Gasteiger partial charge in [0, 0.05) is 33.8 Å². The third-order valence-corrected chi connectivity index (χ3v) is 8.85. The molecule has 2 heteroatoms. The number of anilines is 6. The van der Waals surface area contributed by atoms with Gasteiger partial charge in [-0.1, -0.05) is 140 Å². The van der Waals surface area contributed by atoms with Crippen LogP contribution in [0, 0.1) is 0 Å². The maximum atomic E-state index is 2.36. The Hall–Kier alpha value is -6.38. The topological polar surface area (TPSA) is 6.48 Å². The molecule has 0 aliphatic heterocycles. The van der Waals surface area contributed by atoms with Gasteiger partial charge in [-0.3, -0.25) is 0 Å².